The van der Waals surface area contributed by atoms with Crippen LogP contribution >= 0.6 is 0 Å². The Kier molecular flexibility index (Phi) is 7.56. The van der Waals surface area contributed by atoms with E-state index in [4.69, 9.17) is 19.4 Å². The van der Waals surface area contributed by atoms with Crippen LogP contribution in [-0.2, 0) is 4.74 Å². The van der Waals surface area contributed by atoms with Gasteiger partial charge in [0.2, 0.25) is 0 Å². The fourth-order valence-electron chi connectivity index (χ4n) is 4.80. The highest BCUT2D eigenvalue weighted by Gasteiger charge is 2.34. The average Bonchev–Trinajstić information content (AvgIpc) is 3.35. The Morgan fingerprint density at radius 2 is 1.77 bits per heavy atom. The Morgan fingerprint density at radius 1 is 1.00 bits per heavy atom. The van der Waals surface area contributed by atoms with Crippen molar-refractivity contribution in [3.05, 3.63) is 78.0 Å². The van der Waals surface area contributed by atoms with Gasteiger partial charge in [0.15, 0.2) is 0 Å². The number of nitrogens with zero attached hydrogens (tertiary/aromatic N) is 5. The molecular weight excluding hydrogens is 509 g/mol. The predicted octanol–water partition coefficient (Wildman–Crippen LogP) is 7.47. The summed E-state index contributed by atoms with van der Waals surface area (Å²) in [6, 6.07) is 14.0. The minimum Gasteiger partial charge on any atom is -0.444 e. The van der Waals surface area contributed by atoms with Gasteiger partial charge in [-0.1, -0.05) is 6.07 Å². The molecule has 9 heteroatoms. The van der Waals surface area contributed by atoms with Crippen LogP contribution < -0.4 is 4.74 Å². The molecule has 1 unspecified atom stereocenters. The topological polar surface area (TPSA) is 82.4 Å². The average molecular weight is 544 g/mol. The molecule has 1 aliphatic rings. The van der Waals surface area contributed by atoms with Crippen molar-refractivity contribution in [3.8, 4) is 34.4 Å². The zero-order chi connectivity index (χ0) is 28.4. The highest BCUT2D eigenvalue weighted by atomic mass is 19.1. The Balaban J connectivity index is 1.59. The van der Waals surface area contributed by atoms with Gasteiger partial charge in [-0.2, -0.15) is 4.98 Å². The molecule has 1 aliphatic heterocycles. The largest absolute Gasteiger partial charge is 0.444 e. The van der Waals surface area contributed by atoms with E-state index >= 15 is 0 Å². The quantitative estimate of drug-likeness (QED) is 0.260. The van der Waals surface area contributed by atoms with Crippen molar-refractivity contribution < 1.29 is 18.7 Å². The Bertz CT molecular complexity index is 1510. The second kappa shape index (κ2) is 11.1. The summed E-state index contributed by atoms with van der Waals surface area (Å²) in [4.78, 5) is 28.8. The van der Waals surface area contributed by atoms with Crippen LogP contribution in [0.3, 0.4) is 0 Å². The van der Waals surface area contributed by atoms with E-state index in [9.17, 15) is 9.18 Å². The molecule has 0 N–H and O–H groups in total. The van der Waals surface area contributed by atoms with Gasteiger partial charge in [0.1, 0.15) is 23.3 Å². The molecule has 1 atom stereocenters. The predicted molar refractivity (Wildman–Crippen MR) is 150 cm³/mol. The first kappa shape index (κ1) is 27.3. The van der Waals surface area contributed by atoms with Crippen LogP contribution in [0, 0.1) is 19.7 Å². The lowest BCUT2D eigenvalue weighted by Gasteiger charge is -2.38. The molecule has 8 nitrogen and oxygen atoms in total. The van der Waals surface area contributed by atoms with Crippen molar-refractivity contribution in [1.29, 1.82) is 0 Å². The second-order valence-corrected chi connectivity index (χ2v) is 11.1. The van der Waals surface area contributed by atoms with Crippen molar-refractivity contribution >= 4 is 6.09 Å². The summed E-state index contributed by atoms with van der Waals surface area (Å²) in [6.45, 7) is 10.2. The lowest BCUT2D eigenvalue weighted by atomic mass is 10.1. The summed E-state index contributed by atoms with van der Waals surface area (Å²) in [5, 5.41) is 0. The van der Waals surface area contributed by atoms with E-state index in [-0.39, 0.29) is 24.1 Å². The summed E-state index contributed by atoms with van der Waals surface area (Å²) in [5.74, 6) is 0.301. The van der Waals surface area contributed by atoms with Crippen LogP contribution in [0.2, 0.25) is 0 Å². The van der Waals surface area contributed by atoms with Gasteiger partial charge in [-0.3, -0.25) is 4.90 Å². The smallest absolute Gasteiger partial charge is 0.411 e. The van der Waals surface area contributed by atoms with Gasteiger partial charge >= 0.3 is 12.1 Å². The third kappa shape index (κ3) is 5.98. The van der Waals surface area contributed by atoms with E-state index in [2.05, 4.69) is 4.98 Å². The van der Waals surface area contributed by atoms with Gasteiger partial charge in [-0.05, 0) is 107 Å². The molecule has 1 saturated heterocycles. The van der Waals surface area contributed by atoms with E-state index in [1.54, 1.807) is 35.6 Å². The number of halogens is 1. The van der Waals surface area contributed by atoms with Crippen molar-refractivity contribution in [1.82, 2.24) is 24.4 Å². The number of benzene rings is 2. The maximum atomic E-state index is 13.8. The number of aryl methyl sites for hydroxylation is 2. The first-order valence-corrected chi connectivity index (χ1v) is 13.5. The zero-order valence-corrected chi connectivity index (χ0v) is 23.5. The molecule has 3 heterocycles. The van der Waals surface area contributed by atoms with Gasteiger partial charge in [-0.25, -0.2) is 19.2 Å². The highest BCUT2D eigenvalue weighted by Crippen LogP contribution is 2.37. The molecule has 1 amide bonds. The number of carbonyl (C=O) groups excluding carboxylic acids is 1. The van der Waals surface area contributed by atoms with Gasteiger partial charge < -0.3 is 14.0 Å². The second-order valence-electron chi connectivity index (χ2n) is 11.1. The van der Waals surface area contributed by atoms with Crippen molar-refractivity contribution in [3.63, 3.8) is 0 Å². The maximum absolute atomic E-state index is 13.8. The molecule has 2 aromatic carbocycles. The SMILES string of the molecule is Cc1ccc(Oc2nccc(-c3c(-c4ccc(F)cc4)ncn3C3CCCCN3C(=O)OC(C)(C)C)n2)cc1C. The van der Waals surface area contributed by atoms with E-state index in [0.717, 1.165) is 36.0 Å². The van der Waals surface area contributed by atoms with E-state index < -0.39 is 5.60 Å². The summed E-state index contributed by atoms with van der Waals surface area (Å²) in [7, 11) is 0. The molecule has 40 heavy (non-hydrogen) atoms. The van der Waals surface area contributed by atoms with E-state index in [0.29, 0.717) is 29.4 Å². The number of rotatable bonds is 5. The minimum atomic E-state index is -0.622. The Hall–Kier alpha value is -4.27. The van der Waals surface area contributed by atoms with Crippen LogP contribution in [0.5, 0.6) is 11.8 Å². The number of hydrogen-bond donors (Lipinski definition) is 0. The number of carbonyl (C=O) groups is 1. The van der Waals surface area contributed by atoms with Crippen LogP contribution in [0.1, 0.15) is 57.3 Å². The van der Waals surface area contributed by atoms with Crippen LogP contribution in [-0.4, -0.2) is 42.7 Å². The molecule has 0 spiro atoms. The van der Waals surface area contributed by atoms with Crippen molar-refractivity contribution in [2.24, 2.45) is 0 Å². The summed E-state index contributed by atoms with van der Waals surface area (Å²) in [6.07, 6.45) is 5.19. The van der Waals surface area contributed by atoms with Gasteiger partial charge in [0.25, 0.3) is 0 Å². The Morgan fingerprint density at radius 3 is 2.50 bits per heavy atom. The standard InChI is InChI=1S/C31H34FN5O3/c1-20-9-14-24(18-21(20)2)39-29-33-16-15-25(35-29)28-27(22-10-12-23(32)13-11-22)34-19-37(28)26-8-6-7-17-36(26)30(38)40-31(3,4)5/h9-16,18-19,26H,6-8,17H2,1-5H3. The van der Waals surface area contributed by atoms with Crippen molar-refractivity contribution in [2.75, 3.05) is 6.54 Å². The van der Waals surface area contributed by atoms with Crippen molar-refractivity contribution in [2.45, 2.75) is 65.6 Å². The number of piperidine rings is 1. The molecule has 0 aliphatic carbocycles. The highest BCUT2D eigenvalue weighted by molar-refractivity contribution is 5.77. The lowest BCUT2D eigenvalue weighted by molar-refractivity contribution is -0.000908. The molecular formula is C31H34FN5O3. The number of likely N-dealkylation sites (tertiary alicyclic amines) is 1. The summed E-state index contributed by atoms with van der Waals surface area (Å²) >= 11 is 0. The minimum absolute atomic E-state index is 0.186. The van der Waals surface area contributed by atoms with E-state index in [1.165, 1.54) is 12.1 Å². The number of aromatic nitrogens is 4. The lowest BCUT2D eigenvalue weighted by Crippen LogP contribution is -2.44. The molecule has 1 fully saturated rings. The molecule has 208 valence electrons. The first-order valence-electron chi connectivity index (χ1n) is 13.5. The van der Waals surface area contributed by atoms with E-state index in [1.807, 2.05) is 57.4 Å². The normalized spacial score (nSPS) is 15.7. The third-order valence-corrected chi connectivity index (χ3v) is 6.90. The number of imidazole rings is 1. The number of hydrogen-bond acceptors (Lipinski definition) is 6. The number of amides is 1. The number of ether oxygens (including phenoxy) is 2. The monoisotopic (exact) mass is 543 g/mol. The van der Waals surface area contributed by atoms with Gasteiger partial charge in [0.05, 0.1) is 23.4 Å². The van der Waals surface area contributed by atoms with Gasteiger partial charge in [0, 0.05) is 18.3 Å². The fraction of sp³-hybridized carbons (Fsp3) is 0.355. The van der Waals surface area contributed by atoms with Crippen LogP contribution in [0.15, 0.2) is 61.1 Å². The third-order valence-electron chi connectivity index (χ3n) is 6.90. The summed E-state index contributed by atoms with van der Waals surface area (Å²) < 4.78 is 27.5. The molecule has 0 bridgehead atoms. The molecule has 4 aromatic rings. The Labute approximate surface area is 233 Å². The summed E-state index contributed by atoms with van der Waals surface area (Å²) in [5.41, 5.74) is 4.24. The fourth-order valence-corrected chi connectivity index (χ4v) is 4.80. The van der Waals surface area contributed by atoms with Crippen LogP contribution in [0.25, 0.3) is 22.6 Å². The van der Waals surface area contributed by atoms with Crippen LogP contribution in [0.4, 0.5) is 9.18 Å². The molecule has 0 radical (unpaired) electrons. The molecule has 2 aromatic heterocycles. The molecule has 5 rings (SSSR count). The first-order chi connectivity index (χ1) is 19.1. The maximum Gasteiger partial charge on any atom is 0.411 e. The van der Waals surface area contributed by atoms with Gasteiger partial charge in [-0.15, -0.1) is 0 Å². The zero-order valence-electron chi connectivity index (χ0n) is 23.5. The molecule has 0 saturated carbocycles.